The van der Waals surface area contributed by atoms with Crippen LogP contribution < -0.4 is 15.1 Å². The Hall–Kier alpha value is -3.74. The lowest BCUT2D eigenvalue weighted by Crippen LogP contribution is -2.32. The summed E-state index contributed by atoms with van der Waals surface area (Å²) in [5.74, 6) is 0.920. The van der Waals surface area contributed by atoms with E-state index >= 15 is 0 Å². The van der Waals surface area contributed by atoms with Crippen molar-refractivity contribution in [2.24, 2.45) is 5.10 Å². The van der Waals surface area contributed by atoms with Gasteiger partial charge in [-0.1, -0.05) is 42.5 Å². The Labute approximate surface area is 188 Å². The molecule has 32 heavy (non-hydrogen) atoms. The van der Waals surface area contributed by atoms with Crippen LogP contribution in [0.15, 0.2) is 65.8 Å². The van der Waals surface area contributed by atoms with Crippen molar-refractivity contribution < 1.29 is 9.53 Å². The standard InChI is InChI=1S/C25H27N5O2/c1-2-32-23-14-8-7-13-20(23)18-26-29-24(31)22-17-21(19-11-5-3-6-12-19)27-25(28-22)30-15-9-4-10-16-30/h3,5-8,11-14,17-18H,2,4,9-10,15-16H2,1H3,(H,29,31)/b26-18+. The SMILES string of the molecule is CCOc1ccccc1/C=N/NC(=O)c1cc(-c2ccccc2)nc(N2CCCCC2)n1. The molecular formula is C25H27N5O2. The Kier molecular flexibility index (Phi) is 7.07. The molecule has 4 rings (SSSR count). The number of para-hydroxylation sites is 1. The number of ether oxygens (including phenoxy) is 1. The number of piperidine rings is 1. The molecule has 0 aliphatic carbocycles. The smallest absolute Gasteiger partial charge is 0.290 e. The Balaban J connectivity index is 1.58. The molecule has 2 heterocycles. The predicted octanol–water partition coefficient (Wildman–Crippen LogP) is 4.30. The minimum absolute atomic E-state index is 0.287. The van der Waals surface area contributed by atoms with E-state index in [9.17, 15) is 4.79 Å². The van der Waals surface area contributed by atoms with E-state index in [1.165, 1.54) is 6.42 Å². The maximum Gasteiger partial charge on any atom is 0.290 e. The number of nitrogens with zero attached hydrogens (tertiary/aromatic N) is 4. The Morgan fingerprint density at radius 1 is 1.06 bits per heavy atom. The van der Waals surface area contributed by atoms with E-state index in [1.54, 1.807) is 12.3 Å². The number of rotatable bonds is 7. The number of aromatic nitrogens is 2. The molecule has 1 N–H and O–H groups in total. The highest BCUT2D eigenvalue weighted by molar-refractivity contribution is 5.94. The average molecular weight is 430 g/mol. The lowest BCUT2D eigenvalue weighted by Gasteiger charge is -2.27. The van der Waals surface area contributed by atoms with Gasteiger partial charge in [0.2, 0.25) is 5.95 Å². The van der Waals surface area contributed by atoms with Gasteiger partial charge in [-0.2, -0.15) is 5.10 Å². The summed E-state index contributed by atoms with van der Waals surface area (Å²) in [4.78, 5) is 24.4. The number of carbonyl (C=O) groups is 1. The fourth-order valence-electron chi connectivity index (χ4n) is 3.63. The molecule has 3 aromatic rings. The van der Waals surface area contributed by atoms with Crippen molar-refractivity contribution in [2.75, 3.05) is 24.6 Å². The van der Waals surface area contributed by atoms with Crippen LogP contribution >= 0.6 is 0 Å². The summed E-state index contributed by atoms with van der Waals surface area (Å²) in [6.45, 7) is 4.27. The third kappa shape index (κ3) is 5.29. The molecule has 0 unspecified atom stereocenters. The normalized spacial score (nSPS) is 13.8. The minimum atomic E-state index is -0.381. The summed E-state index contributed by atoms with van der Waals surface area (Å²) in [6, 6.07) is 19.1. The van der Waals surface area contributed by atoms with Crippen LogP contribution in [0.25, 0.3) is 11.3 Å². The van der Waals surface area contributed by atoms with E-state index in [-0.39, 0.29) is 11.6 Å². The maximum atomic E-state index is 12.9. The van der Waals surface area contributed by atoms with Gasteiger partial charge in [0.1, 0.15) is 11.4 Å². The van der Waals surface area contributed by atoms with Crippen molar-refractivity contribution >= 4 is 18.1 Å². The second-order valence-corrected chi connectivity index (χ2v) is 7.52. The van der Waals surface area contributed by atoms with Crippen LogP contribution in [0.5, 0.6) is 5.75 Å². The second kappa shape index (κ2) is 10.5. The van der Waals surface area contributed by atoms with Gasteiger partial charge < -0.3 is 9.64 Å². The van der Waals surface area contributed by atoms with Crippen LogP contribution in [0.3, 0.4) is 0 Å². The number of hydrogen-bond donors (Lipinski definition) is 1. The number of hydrogen-bond acceptors (Lipinski definition) is 6. The summed E-state index contributed by atoms with van der Waals surface area (Å²) < 4.78 is 5.60. The van der Waals surface area contributed by atoms with Gasteiger partial charge in [-0.3, -0.25) is 4.79 Å². The van der Waals surface area contributed by atoms with E-state index in [0.717, 1.165) is 42.8 Å². The highest BCUT2D eigenvalue weighted by Gasteiger charge is 2.18. The molecule has 1 aliphatic heterocycles. The van der Waals surface area contributed by atoms with Crippen molar-refractivity contribution in [1.82, 2.24) is 15.4 Å². The number of carbonyl (C=O) groups excluding carboxylic acids is 1. The number of nitrogens with one attached hydrogen (secondary N) is 1. The predicted molar refractivity (Wildman–Crippen MR) is 126 cm³/mol. The van der Waals surface area contributed by atoms with Crippen LogP contribution in [0.2, 0.25) is 0 Å². The minimum Gasteiger partial charge on any atom is -0.493 e. The van der Waals surface area contributed by atoms with E-state index in [4.69, 9.17) is 9.72 Å². The molecule has 0 radical (unpaired) electrons. The number of anilines is 1. The van der Waals surface area contributed by atoms with Crippen molar-refractivity contribution in [1.29, 1.82) is 0 Å². The van der Waals surface area contributed by atoms with Crippen LogP contribution in [0, 0.1) is 0 Å². The lowest BCUT2D eigenvalue weighted by atomic mass is 10.1. The van der Waals surface area contributed by atoms with Crippen LogP contribution in [-0.4, -0.2) is 41.8 Å². The van der Waals surface area contributed by atoms with Crippen molar-refractivity contribution in [3.8, 4) is 17.0 Å². The average Bonchev–Trinajstić information content (AvgIpc) is 2.86. The summed E-state index contributed by atoms with van der Waals surface area (Å²) in [5, 5.41) is 4.13. The molecule has 0 atom stereocenters. The first-order valence-corrected chi connectivity index (χ1v) is 11.0. The highest BCUT2D eigenvalue weighted by Crippen LogP contribution is 2.23. The third-order valence-corrected chi connectivity index (χ3v) is 5.24. The van der Waals surface area contributed by atoms with Gasteiger partial charge in [0.25, 0.3) is 5.91 Å². The fraction of sp³-hybridized carbons (Fsp3) is 0.280. The molecule has 7 nitrogen and oxygen atoms in total. The largest absolute Gasteiger partial charge is 0.493 e. The first-order valence-electron chi connectivity index (χ1n) is 11.0. The Bertz CT molecular complexity index is 1080. The molecule has 1 saturated heterocycles. The van der Waals surface area contributed by atoms with E-state index in [1.807, 2.05) is 61.5 Å². The summed E-state index contributed by atoms with van der Waals surface area (Å²) in [6.07, 6.45) is 4.99. The molecule has 164 valence electrons. The number of hydrazone groups is 1. The van der Waals surface area contributed by atoms with Gasteiger partial charge in [0.15, 0.2) is 0 Å². The van der Waals surface area contributed by atoms with Gasteiger partial charge in [-0.25, -0.2) is 15.4 Å². The molecule has 7 heteroatoms. The zero-order valence-corrected chi connectivity index (χ0v) is 18.2. The molecule has 0 bridgehead atoms. The third-order valence-electron chi connectivity index (χ3n) is 5.24. The molecule has 1 fully saturated rings. The van der Waals surface area contributed by atoms with Gasteiger partial charge >= 0.3 is 0 Å². The van der Waals surface area contributed by atoms with Crippen LogP contribution in [-0.2, 0) is 0 Å². The van der Waals surface area contributed by atoms with E-state index < -0.39 is 0 Å². The molecule has 1 amide bonds. The Morgan fingerprint density at radius 2 is 1.81 bits per heavy atom. The molecule has 1 aliphatic rings. The van der Waals surface area contributed by atoms with Crippen molar-refractivity contribution in [3.05, 3.63) is 71.9 Å². The summed E-state index contributed by atoms with van der Waals surface area (Å²) >= 11 is 0. The molecule has 1 aromatic heterocycles. The van der Waals surface area contributed by atoms with Gasteiger partial charge in [-0.05, 0) is 44.4 Å². The zero-order valence-electron chi connectivity index (χ0n) is 18.2. The van der Waals surface area contributed by atoms with Crippen molar-refractivity contribution in [2.45, 2.75) is 26.2 Å². The molecule has 2 aromatic carbocycles. The first-order chi connectivity index (χ1) is 15.7. The highest BCUT2D eigenvalue weighted by atomic mass is 16.5. The van der Waals surface area contributed by atoms with Gasteiger partial charge in [-0.15, -0.1) is 0 Å². The van der Waals surface area contributed by atoms with Gasteiger partial charge in [0, 0.05) is 24.2 Å². The topological polar surface area (TPSA) is 79.7 Å². The maximum absolute atomic E-state index is 12.9. The number of benzene rings is 2. The van der Waals surface area contributed by atoms with Gasteiger partial charge in [0.05, 0.1) is 18.5 Å². The van der Waals surface area contributed by atoms with E-state index in [0.29, 0.717) is 18.3 Å². The fourth-order valence-corrected chi connectivity index (χ4v) is 3.63. The second-order valence-electron chi connectivity index (χ2n) is 7.52. The molecular weight excluding hydrogens is 402 g/mol. The lowest BCUT2D eigenvalue weighted by molar-refractivity contribution is 0.0950. The zero-order chi connectivity index (χ0) is 22.2. The van der Waals surface area contributed by atoms with Crippen LogP contribution in [0.1, 0.15) is 42.2 Å². The summed E-state index contributed by atoms with van der Waals surface area (Å²) in [5.41, 5.74) is 5.33. The van der Waals surface area contributed by atoms with E-state index in [2.05, 4.69) is 20.4 Å². The molecule has 0 spiro atoms. The quantitative estimate of drug-likeness (QED) is 0.448. The Morgan fingerprint density at radius 3 is 2.59 bits per heavy atom. The van der Waals surface area contributed by atoms with Crippen LogP contribution in [0.4, 0.5) is 5.95 Å². The monoisotopic (exact) mass is 429 g/mol. The molecule has 0 saturated carbocycles. The first kappa shape index (κ1) is 21.5. The summed E-state index contributed by atoms with van der Waals surface area (Å²) in [7, 11) is 0. The van der Waals surface area contributed by atoms with Crippen molar-refractivity contribution in [3.63, 3.8) is 0 Å². The number of amides is 1.